The fourth-order valence-corrected chi connectivity index (χ4v) is 2.74. The largest absolute Gasteiger partial charge is 0.478 e. The number of hydrogen-bond acceptors (Lipinski definition) is 2. The van der Waals surface area contributed by atoms with Gasteiger partial charge in [-0.15, -0.1) is 0 Å². The van der Waals surface area contributed by atoms with E-state index in [9.17, 15) is 9.90 Å². The molecule has 0 radical (unpaired) electrons. The van der Waals surface area contributed by atoms with Crippen LogP contribution in [0, 0.1) is 5.92 Å². The Labute approximate surface area is 122 Å². The zero-order valence-electron chi connectivity index (χ0n) is 11.2. The van der Waals surface area contributed by atoms with Crippen molar-refractivity contribution in [1.82, 2.24) is 0 Å². The molecule has 3 nitrogen and oxygen atoms in total. The van der Waals surface area contributed by atoms with Gasteiger partial charge < -0.3 is 10.0 Å². The van der Waals surface area contributed by atoms with E-state index in [-0.39, 0.29) is 0 Å². The van der Waals surface area contributed by atoms with Gasteiger partial charge in [-0.25, -0.2) is 4.79 Å². The minimum atomic E-state index is -0.822. The molecule has 0 aliphatic carbocycles. The van der Waals surface area contributed by atoms with E-state index in [1.807, 2.05) is 12.1 Å². The van der Waals surface area contributed by atoms with Crippen molar-refractivity contribution in [1.29, 1.82) is 0 Å². The minimum absolute atomic E-state index is 0.477. The van der Waals surface area contributed by atoms with Crippen LogP contribution >= 0.6 is 15.9 Å². The van der Waals surface area contributed by atoms with Gasteiger partial charge in [0.15, 0.2) is 0 Å². The minimum Gasteiger partial charge on any atom is -0.478 e. The van der Waals surface area contributed by atoms with Gasteiger partial charge in [0.25, 0.3) is 0 Å². The van der Waals surface area contributed by atoms with E-state index in [4.69, 9.17) is 0 Å². The second-order valence-corrected chi connectivity index (χ2v) is 6.18. The summed E-state index contributed by atoms with van der Waals surface area (Å²) in [6.07, 6.45) is 2.37. The van der Waals surface area contributed by atoms with E-state index in [1.165, 1.54) is 0 Å². The molecule has 1 heterocycles. The molecule has 0 saturated heterocycles. The molecular weight excluding hydrogens is 306 g/mol. The lowest BCUT2D eigenvalue weighted by Gasteiger charge is -2.27. The van der Waals surface area contributed by atoms with Gasteiger partial charge in [0.05, 0.1) is 0 Å². The molecule has 0 atom stereocenters. The summed E-state index contributed by atoms with van der Waals surface area (Å²) in [7, 11) is 0. The Hall–Kier alpha value is -1.29. The van der Waals surface area contributed by atoms with Crippen molar-refractivity contribution in [3.8, 4) is 0 Å². The van der Waals surface area contributed by atoms with Crippen molar-refractivity contribution in [2.45, 2.75) is 20.3 Å². The number of carboxylic acids is 1. The van der Waals surface area contributed by atoms with E-state index in [2.05, 4.69) is 40.7 Å². The van der Waals surface area contributed by atoms with E-state index >= 15 is 0 Å². The Morgan fingerprint density at radius 2 is 2.21 bits per heavy atom. The van der Waals surface area contributed by atoms with Crippen LogP contribution in [0.3, 0.4) is 0 Å². The maximum atomic E-state index is 11.2. The second-order valence-electron chi connectivity index (χ2n) is 5.27. The van der Waals surface area contributed by atoms with Gasteiger partial charge in [-0.3, -0.25) is 0 Å². The van der Waals surface area contributed by atoms with Crippen molar-refractivity contribution in [3.63, 3.8) is 0 Å². The monoisotopic (exact) mass is 323 g/mol. The molecule has 1 aromatic carbocycles. The van der Waals surface area contributed by atoms with Crippen LogP contribution in [-0.2, 0) is 4.79 Å². The number of benzene rings is 1. The molecule has 0 aromatic heterocycles. The molecule has 19 heavy (non-hydrogen) atoms. The Bertz CT molecular complexity index is 523. The first-order valence-corrected chi connectivity index (χ1v) is 7.25. The normalized spacial score (nSPS) is 14.9. The van der Waals surface area contributed by atoms with Crippen LogP contribution in [0.1, 0.15) is 25.8 Å². The van der Waals surface area contributed by atoms with Crippen LogP contribution in [0.5, 0.6) is 0 Å². The summed E-state index contributed by atoms with van der Waals surface area (Å²) in [6, 6.07) is 6.05. The van der Waals surface area contributed by atoms with Gasteiger partial charge in [-0.1, -0.05) is 29.8 Å². The number of halogens is 1. The molecule has 0 spiro atoms. The molecule has 1 N–H and O–H groups in total. The van der Waals surface area contributed by atoms with E-state index < -0.39 is 5.97 Å². The Morgan fingerprint density at radius 3 is 2.84 bits per heavy atom. The third-order valence-corrected chi connectivity index (χ3v) is 3.66. The standard InChI is InChI=1S/C15H18BrNO2/c1-10(2)9-17-6-5-11(15(18)19)7-12-8-13(16)3-4-14(12)17/h3-4,7-8,10H,5-6,9H2,1-2H3,(H,18,19). The quantitative estimate of drug-likeness (QED) is 0.920. The molecule has 2 rings (SSSR count). The maximum Gasteiger partial charge on any atom is 0.331 e. The third kappa shape index (κ3) is 3.38. The maximum absolute atomic E-state index is 11.2. The SMILES string of the molecule is CC(C)CN1CCC(C(=O)O)=Cc2cc(Br)ccc21. The third-order valence-electron chi connectivity index (χ3n) is 3.17. The summed E-state index contributed by atoms with van der Waals surface area (Å²) in [6.45, 7) is 6.05. The van der Waals surface area contributed by atoms with Crippen LogP contribution in [0.15, 0.2) is 28.2 Å². The van der Waals surface area contributed by atoms with Crippen LogP contribution in [-0.4, -0.2) is 24.2 Å². The van der Waals surface area contributed by atoms with Gasteiger partial charge >= 0.3 is 5.97 Å². The van der Waals surface area contributed by atoms with Gasteiger partial charge in [0, 0.05) is 28.8 Å². The highest BCUT2D eigenvalue weighted by Crippen LogP contribution is 2.31. The number of carbonyl (C=O) groups is 1. The second kappa shape index (κ2) is 5.78. The molecule has 1 aliphatic rings. The first-order chi connectivity index (χ1) is 8.97. The van der Waals surface area contributed by atoms with Crippen molar-refractivity contribution in [3.05, 3.63) is 33.8 Å². The van der Waals surface area contributed by atoms with Gasteiger partial charge in [-0.05, 0) is 42.2 Å². The average molecular weight is 324 g/mol. The summed E-state index contributed by atoms with van der Waals surface area (Å²) in [4.78, 5) is 13.5. The van der Waals surface area contributed by atoms with Gasteiger partial charge in [-0.2, -0.15) is 0 Å². The zero-order chi connectivity index (χ0) is 14.0. The van der Waals surface area contributed by atoms with Gasteiger partial charge in [0.2, 0.25) is 0 Å². The fourth-order valence-electron chi connectivity index (χ4n) is 2.36. The summed E-state index contributed by atoms with van der Waals surface area (Å²) < 4.78 is 0.971. The number of aliphatic carboxylic acids is 1. The smallest absolute Gasteiger partial charge is 0.331 e. The summed E-state index contributed by atoms with van der Waals surface area (Å²) in [5.74, 6) is -0.278. The van der Waals surface area contributed by atoms with Crippen LogP contribution in [0.4, 0.5) is 5.69 Å². The molecule has 0 saturated carbocycles. The zero-order valence-corrected chi connectivity index (χ0v) is 12.8. The first-order valence-electron chi connectivity index (χ1n) is 6.45. The number of fused-ring (bicyclic) bond motifs is 1. The molecule has 4 heteroatoms. The first kappa shape index (κ1) is 14.1. The summed E-state index contributed by atoms with van der Waals surface area (Å²) in [5, 5.41) is 9.23. The Kier molecular flexibility index (Phi) is 4.30. The predicted octanol–water partition coefficient (Wildman–Crippen LogP) is 3.78. The molecule has 1 aromatic rings. The topological polar surface area (TPSA) is 40.5 Å². The Balaban J connectivity index is 2.43. The van der Waals surface area contributed by atoms with Crippen LogP contribution in [0.25, 0.3) is 6.08 Å². The average Bonchev–Trinajstić information content (AvgIpc) is 2.48. The summed E-state index contributed by atoms with van der Waals surface area (Å²) >= 11 is 3.45. The fraction of sp³-hybridized carbons (Fsp3) is 0.400. The molecule has 0 bridgehead atoms. The highest BCUT2D eigenvalue weighted by atomic mass is 79.9. The summed E-state index contributed by atoms with van der Waals surface area (Å²) in [5.41, 5.74) is 2.57. The lowest BCUT2D eigenvalue weighted by Crippen LogP contribution is -2.29. The van der Waals surface area contributed by atoms with Crippen molar-refractivity contribution >= 4 is 33.7 Å². The molecule has 0 unspecified atom stereocenters. The van der Waals surface area contributed by atoms with Crippen molar-refractivity contribution < 1.29 is 9.90 Å². The number of rotatable bonds is 3. The van der Waals surface area contributed by atoms with E-state index in [1.54, 1.807) is 6.08 Å². The number of carboxylic acid groups (broad SMARTS) is 1. The Morgan fingerprint density at radius 1 is 1.47 bits per heavy atom. The molecule has 0 amide bonds. The van der Waals surface area contributed by atoms with E-state index in [0.29, 0.717) is 17.9 Å². The molecule has 1 aliphatic heterocycles. The molecular formula is C15H18BrNO2. The lowest BCUT2D eigenvalue weighted by molar-refractivity contribution is -0.132. The predicted molar refractivity (Wildman–Crippen MR) is 81.4 cm³/mol. The highest BCUT2D eigenvalue weighted by Gasteiger charge is 2.19. The molecule has 0 fully saturated rings. The van der Waals surface area contributed by atoms with Crippen molar-refractivity contribution in [2.24, 2.45) is 5.92 Å². The van der Waals surface area contributed by atoms with Crippen molar-refractivity contribution in [2.75, 3.05) is 18.0 Å². The number of nitrogens with zero attached hydrogens (tertiary/aromatic N) is 1. The number of hydrogen-bond donors (Lipinski definition) is 1. The number of anilines is 1. The lowest BCUT2D eigenvalue weighted by atomic mass is 10.1. The van der Waals surface area contributed by atoms with Crippen LogP contribution in [0.2, 0.25) is 0 Å². The molecule has 102 valence electrons. The van der Waals surface area contributed by atoms with Crippen LogP contribution < -0.4 is 4.90 Å². The van der Waals surface area contributed by atoms with E-state index in [0.717, 1.165) is 28.8 Å². The van der Waals surface area contributed by atoms with Gasteiger partial charge in [0.1, 0.15) is 0 Å². The highest BCUT2D eigenvalue weighted by molar-refractivity contribution is 9.10.